The number of fused-ring (bicyclic) bond motifs is 2. The van der Waals surface area contributed by atoms with E-state index in [-0.39, 0.29) is 5.56 Å². The van der Waals surface area contributed by atoms with Crippen molar-refractivity contribution in [3.63, 3.8) is 0 Å². The molecular weight excluding hydrogens is 330 g/mol. The van der Waals surface area contributed by atoms with Crippen molar-refractivity contribution in [2.75, 3.05) is 0 Å². The van der Waals surface area contributed by atoms with Crippen LogP contribution in [0.4, 0.5) is 0 Å². The molecule has 26 heavy (non-hydrogen) atoms. The van der Waals surface area contributed by atoms with Crippen LogP contribution in [0, 0.1) is 0 Å². The zero-order chi connectivity index (χ0) is 17.5. The smallest absolute Gasteiger partial charge is 0.262 e. The Morgan fingerprint density at radius 1 is 1.04 bits per heavy atom. The minimum atomic E-state index is -0.150. The highest BCUT2D eigenvalue weighted by Gasteiger charge is 2.17. The summed E-state index contributed by atoms with van der Waals surface area (Å²) in [6.07, 6.45) is 4.76. The maximum absolute atomic E-state index is 13.2. The fourth-order valence-corrected chi connectivity index (χ4v) is 3.12. The molecule has 0 aliphatic heterocycles. The second kappa shape index (κ2) is 5.66. The van der Waals surface area contributed by atoms with Crippen LogP contribution in [0.2, 0.25) is 0 Å². The summed E-state index contributed by atoms with van der Waals surface area (Å²) < 4.78 is 8.59. The van der Waals surface area contributed by atoms with E-state index in [4.69, 9.17) is 4.42 Å². The van der Waals surface area contributed by atoms with Crippen molar-refractivity contribution in [3.05, 3.63) is 83.4 Å². The van der Waals surface area contributed by atoms with Crippen LogP contribution in [0.15, 0.2) is 76.5 Å². The van der Waals surface area contributed by atoms with E-state index >= 15 is 0 Å². The second-order valence-electron chi connectivity index (χ2n) is 5.89. The lowest BCUT2D eigenvalue weighted by atomic mass is 10.1. The van der Waals surface area contributed by atoms with E-state index in [1.54, 1.807) is 27.6 Å². The number of pyridine rings is 1. The largest absolute Gasteiger partial charge is 0.467 e. The maximum Gasteiger partial charge on any atom is 0.262 e. The second-order valence-corrected chi connectivity index (χ2v) is 5.89. The first kappa shape index (κ1) is 14.6. The molecule has 0 saturated carbocycles. The van der Waals surface area contributed by atoms with Gasteiger partial charge in [0.1, 0.15) is 12.1 Å². The summed E-state index contributed by atoms with van der Waals surface area (Å²) >= 11 is 0. The number of nitrogens with zero attached hydrogens (tertiary/aromatic N) is 5. The van der Waals surface area contributed by atoms with E-state index in [1.165, 1.54) is 6.33 Å². The molecule has 0 spiro atoms. The normalized spacial score (nSPS) is 11.4. The van der Waals surface area contributed by atoms with Gasteiger partial charge in [0, 0.05) is 11.8 Å². The Kier molecular flexibility index (Phi) is 3.18. The van der Waals surface area contributed by atoms with E-state index < -0.39 is 0 Å². The molecule has 7 heteroatoms. The molecule has 0 amide bonds. The Morgan fingerprint density at radius 3 is 2.73 bits per heavy atom. The average Bonchev–Trinajstić information content (AvgIpc) is 3.34. The Bertz CT molecular complexity index is 1270. The van der Waals surface area contributed by atoms with Crippen molar-refractivity contribution in [1.82, 2.24) is 24.1 Å². The quantitative estimate of drug-likeness (QED) is 0.503. The van der Waals surface area contributed by atoms with Crippen molar-refractivity contribution in [2.24, 2.45) is 0 Å². The van der Waals surface area contributed by atoms with Crippen LogP contribution in [0.1, 0.15) is 5.76 Å². The Morgan fingerprint density at radius 2 is 1.92 bits per heavy atom. The molecule has 5 rings (SSSR count). The van der Waals surface area contributed by atoms with Crippen LogP contribution >= 0.6 is 0 Å². The van der Waals surface area contributed by atoms with Crippen LogP contribution in [0.25, 0.3) is 27.9 Å². The molecule has 0 fully saturated rings. The van der Waals surface area contributed by atoms with E-state index in [9.17, 15) is 4.79 Å². The molecule has 7 nitrogen and oxygen atoms in total. The highest BCUT2D eigenvalue weighted by Crippen LogP contribution is 2.25. The molecule has 1 aromatic carbocycles. The molecule has 0 unspecified atom stereocenters. The van der Waals surface area contributed by atoms with Crippen LogP contribution in [-0.4, -0.2) is 24.1 Å². The summed E-state index contributed by atoms with van der Waals surface area (Å²) in [5, 5.41) is 4.77. The van der Waals surface area contributed by atoms with Gasteiger partial charge in [-0.1, -0.05) is 30.3 Å². The third kappa shape index (κ3) is 2.21. The van der Waals surface area contributed by atoms with Crippen molar-refractivity contribution in [3.8, 4) is 11.3 Å². The maximum atomic E-state index is 13.2. The first-order valence-corrected chi connectivity index (χ1v) is 8.12. The number of benzene rings is 1. The summed E-state index contributed by atoms with van der Waals surface area (Å²) in [6, 6.07) is 15.1. The highest BCUT2D eigenvalue weighted by molar-refractivity contribution is 5.93. The van der Waals surface area contributed by atoms with Crippen LogP contribution in [0.5, 0.6) is 0 Å². The molecule has 5 aromatic rings. The Balaban J connectivity index is 1.86. The fraction of sp³-hybridized carbons (Fsp3) is 0.0526. The number of hydrogen-bond acceptors (Lipinski definition) is 5. The van der Waals surface area contributed by atoms with Gasteiger partial charge in [0.05, 0.1) is 29.4 Å². The lowest BCUT2D eigenvalue weighted by Gasteiger charge is -2.10. The third-order valence-electron chi connectivity index (χ3n) is 4.30. The monoisotopic (exact) mass is 343 g/mol. The van der Waals surface area contributed by atoms with Gasteiger partial charge in [-0.3, -0.25) is 4.79 Å². The molecule has 0 aliphatic rings. The molecule has 0 bridgehead atoms. The first-order chi connectivity index (χ1) is 12.8. The topological polar surface area (TPSA) is 78.2 Å². The zero-order valence-corrected chi connectivity index (χ0v) is 13.6. The lowest BCUT2D eigenvalue weighted by Crippen LogP contribution is -2.21. The third-order valence-corrected chi connectivity index (χ3v) is 4.30. The molecule has 4 aromatic heterocycles. The van der Waals surface area contributed by atoms with Crippen molar-refractivity contribution in [2.45, 2.75) is 6.54 Å². The molecule has 0 atom stereocenters. The molecule has 0 N–H and O–H groups in total. The SMILES string of the molecule is O=c1c2c(-c3ccccc3)n3ncnc3nc2ccn1Cc1ccco1. The molecule has 0 saturated heterocycles. The number of rotatable bonds is 3. The van der Waals surface area contributed by atoms with E-state index in [0.29, 0.717) is 34.7 Å². The predicted octanol–water partition coefficient (Wildman–Crippen LogP) is 2.75. The lowest BCUT2D eigenvalue weighted by molar-refractivity contribution is 0.490. The van der Waals surface area contributed by atoms with Gasteiger partial charge in [-0.05, 0) is 18.2 Å². The summed E-state index contributed by atoms with van der Waals surface area (Å²) in [7, 11) is 0. The number of aromatic nitrogens is 5. The minimum Gasteiger partial charge on any atom is -0.467 e. The molecule has 126 valence electrons. The number of furan rings is 1. The van der Waals surface area contributed by atoms with Gasteiger partial charge in [-0.25, -0.2) is 4.98 Å². The fourth-order valence-electron chi connectivity index (χ4n) is 3.12. The molecule has 0 radical (unpaired) electrons. The molecule has 4 heterocycles. The van der Waals surface area contributed by atoms with Crippen LogP contribution in [-0.2, 0) is 6.54 Å². The van der Waals surface area contributed by atoms with Gasteiger partial charge in [0.25, 0.3) is 11.3 Å². The highest BCUT2D eigenvalue weighted by atomic mass is 16.3. The van der Waals surface area contributed by atoms with E-state index in [1.807, 2.05) is 42.5 Å². The van der Waals surface area contributed by atoms with Gasteiger partial charge in [0.2, 0.25) is 0 Å². The van der Waals surface area contributed by atoms with Gasteiger partial charge in [-0.2, -0.15) is 14.6 Å². The standard InChI is InChI=1S/C19H13N5O2/c25-18-16-15(8-9-23(18)11-14-7-4-10-26-14)22-19-20-12-21-24(19)17(16)13-5-2-1-3-6-13/h1-10,12H,11H2. The summed E-state index contributed by atoms with van der Waals surface area (Å²) in [5.74, 6) is 1.17. The van der Waals surface area contributed by atoms with E-state index in [2.05, 4.69) is 15.1 Å². The van der Waals surface area contributed by atoms with Gasteiger partial charge >= 0.3 is 0 Å². The Labute approximate surface area is 147 Å². The average molecular weight is 343 g/mol. The molecule has 0 aliphatic carbocycles. The van der Waals surface area contributed by atoms with Gasteiger partial charge in [-0.15, -0.1) is 0 Å². The Hall–Kier alpha value is -3.74. The minimum absolute atomic E-state index is 0.150. The molecular formula is C19H13N5O2. The van der Waals surface area contributed by atoms with Gasteiger partial charge < -0.3 is 8.98 Å². The van der Waals surface area contributed by atoms with Crippen molar-refractivity contribution in [1.29, 1.82) is 0 Å². The summed E-state index contributed by atoms with van der Waals surface area (Å²) in [6.45, 7) is 0.353. The van der Waals surface area contributed by atoms with E-state index in [0.717, 1.165) is 5.56 Å². The van der Waals surface area contributed by atoms with Crippen LogP contribution in [0.3, 0.4) is 0 Å². The van der Waals surface area contributed by atoms with Gasteiger partial charge in [0.15, 0.2) is 0 Å². The van der Waals surface area contributed by atoms with Crippen molar-refractivity contribution < 1.29 is 4.42 Å². The zero-order valence-electron chi connectivity index (χ0n) is 13.6. The first-order valence-electron chi connectivity index (χ1n) is 8.12. The summed E-state index contributed by atoms with van der Waals surface area (Å²) in [5.41, 5.74) is 2.00. The number of hydrogen-bond donors (Lipinski definition) is 0. The van der Waals surface area contributed by atoms with Crippen LogP contribution < -0.4 is 5.56 Å². The summed E-state index contributed by atoms with van der Waals surface area (Å²) in [4.78, 5) is 21.9. The predicted molar refractivity (Wildman–Crippen MR) is 95.8 cm³/mol. The van der Waals surface area contributed by atoms with Crippen molar-refractivity contribution >= 4 is 16.7 Å².